The van der Waals surface area contributed by atoms with E-state index >= 15 is 0 Å². The highest BCUT2D eigenvalue weighted by atomic mass is 16.9. The molecule has 0 aromatic heterocycles. The van der Waals surface area contributed by atoms with Gasteiger partial charge in [-0.05, 0) is 79.2 Å². The van der Waals surface area contributed by atoms with Crippen molar-refractivity contribution in [3.05, 3.63) is 69.3 Å². The standard InChI is InChI=1S/C29H33NO8/c1-28-12-11-20(31)13-19(28)7-8-21-22-9-10-23(29(22,2)14-24(32)26(21)28)25(33)16-37-27(34)18-5-3-17(4-6-18)15-38-30(35)36/h3-6,11-13,21-24,26,32H,7-10,14-16H2,1-2H3. The van der Waals surface area contributed by atoms with Crippen LogP contribution in [0.2, 0.25) is 0 Å². The molecule has 1 N–H and O–H groups in total. The van der Waals surface area contributed by atoms with Crippen molar-refractivity contribution in [2.75, 3.05) is 6.61 Å². The van der Waals surface area contributed by atoms with E-state index in [9.17, 15) is 29.6 Å². The Balaban J connectivity index is 1.24. The zero-order valence-electron chi connectivity index (χ0n) is 21.6. The maximum Gasteiger partial charge on any atom is 0.338 e. The van der Waals surface area contributed by atoms with E-state index in [1.807, 2.05) is 6.08 Å². The van der Waals surface area contributed by atoms with Gasteiger partial charge in [-0.25, -0.2) is 4.79 Å². The molecule has 9 nitrogen and oxygen atoms in total. The van der Waals surface area contributed by atoms with Crippen molar-refractivity contribution in [2.45, 2.75) is 58.7 Å². The molecule has 7 atom stereocenters. The average Bonchev–Trinajstić information content (AvgIpc) is 3.22. The lowest BCUT2D eigenvalue weighted by atomic mass is 9.46. The number of Topliss-reactive ketones (excluding diaryl/α,β-unsaturated/α-hetero) is 1. The molecule has 0 radical (unpaired) electrons. The summed E-state index contributed by atoms with van der Waals surface area (Å²) in [6.45, 7) is 3.68. The molecule has 202 valence electrons. The molecule has 0 saturated heterocycles. The van der Waals surface area contributed by atoms with Gasteiger partial charge in [0.1, 0.15) is 6.61 Å². The number of ketones is 2. The summed E-state index contributed by atoms with van der Waals surface area (Å²) >= 11 is 0. The van der Waals surface area contributed by atoms with E-state index in [0.29, 0.717) is 18.4 Å². The van der Waals surface area contributed by atoms with Gasteiger partial charge in [-0.15, -0.1) is 10.1 Å². The monoisotopic (exact) mass is 523 g/mol. The smallest absolute Gasteiger partial charge is 0.338 e. The number of ether oxygens (including phenoxy) is 1. The largest absolute Gasteiger partial charge is 0.454 e. The minimum Gasteiger partial charge on any atom is -0.454 e. The normalized spacial score (nSPS) is 35.4. The second kappa shape index (κ2) is 9.76. The average molecular weight is 524 g/mol. The zero-order valence-corrected chi connectivity index (χ0v) is 21.6. The van der Waals surface area contributed by atoms with Crippen molar-refractivity contribution in [3.63, 3.8) is 0 Å². The fraction of sp³-hybridized carbons (Fsp3) is 0.552. The highest BCUT2D eigenvalue weighted by molar-refractivity contribution is 6.01. The number of hydrogen-bond acceptors (Lipinski definition) is 8. The number of nitrogens with zero attached hydrogens (tertiary/aromatic N) is 1. The van der Waals surface area contributed by atoms with Gasteiger partial charge in [-0.3, -0.25) is 9.59 Å². The lowest BCUT2D eigenvalue weighted by molar-refractivity contribution is -0.763. The van der Waals surface area contributed by atoms with E-state index in [1.54, 1.807) is 12.2 Å². The molecule has 38 heavy (non-hydrogen) atoms. The summed E-state index contributed by atoms with van der Waals surface area (Å²) in [5, 5.41) is 20.9. The molecule has 7 unspecified atom stereocenters. The van der Waals surface area contributed by atoms with E-state index in [1.165, 1.54) is 24.3 Å². The Morgan fingerprint density at radius 2 is 1.89 bits per heavy atom. The third kappa shape index (κ3) is 4.46. The molecule has 9 heteroatoms. The summed E-state index contributed by atoms with van der Waals surface area (Å²) in [6, 6.07) is 6.03. The number of fused-ring (bicyclic) bond motifs is 5. The lowest BCUT2D eigenvalue weighted by Crippen LogP contribution is -2.56. The first-order valence-corrected chi connectivity index (χ1v) is 13.2. The molecule has 3 saturated carbocycles. The molecule has 0 aliphatic heterocycles. The van der Waals surface area contributed by atoms with Gasteiger partial charge in [0.15, 0.2) is 18.2 Å². The lowest BCUT2D eigenvalue weighted by Gasteiger charge is -2.58. The quantitative estimate of drug-likeness (QED) is 0.322. The topological polar surface area (TPSA) is 133 Å². The molecule has 3 fully saturated rings. The molecule has 0 bridgehead atoms. The maximum absolute atomic E-state index is 13.3. The third-order valence-electron chi connectivity index (χ3n) is 9.75. The van der Waals surface area contributed by atoms with Crippen LogP contribution < -0.4 is 0 Å². The van der Waals surface area contributed by atoms with E-state index in [0.717, 1.165) is 24.8 Å². The Labute approximate surface area is 221 Å². The molecule has 0 heterocycles. The predicted octanol–water partition coefficient (Wildman–Crippen LogP) is 4.02. The van der Waals surface area contributed by atoms with Gasteiger partial charge in [-0.1, -0.05) is 37.6 Å². The molecule has 4 aliphatic rings. The molecule has 4 aliphatic carbocycles. The van der Waals surface area contributed by atoms with Gasteiger partial charge in [-0.2, -0.15) is 0 Å². The second-order valence-electron chi connectivity index (χ2n) is 11.7. The number of aliphatic hydroxyl groups excluding tert-OH is 1. The molecule has 1 aromatic carbocycles. The van der Waals surface area contributed by atoms with E-state index in [-0.39, 0.29) is 64.8 Å². The van der Waals surface area contributed by atoms with Crippen LogP contribution in [-0.2, 0) is 25.8 Å². The Morgan fingerprint density at radius 1 is 1.16 bits per heavy atom. The summed E-state index contributed by atoms with van der Waals surface area (Å²) in [7, 11) is 0. The number of rotatable bonds is 7. The van der Waals surface area contributed by atoms with Crippen LogP contribution in [-0.4, -0.2) is 40.4 Å². The fourth-order valence-corrected chi connectivity index (χ4v) is 8.04. The van der Waals surface area contributed by atoms with Crippen LogP contribution in [0.25, 0.3) is 0 Å². The number of esters is 1. The summed E-state index contributed by atoms with van der Waals surface area (Å²) in [6.07, 6.45) is 8.54. The minimum atomic E-state index is -0.884. The molecule has 0 spiro atoms. The highest BCUT2D eigenvalue weighted by Crippen LogP contribution is 2.66. The van der Waals surface area contributed by atoms with E-state index in [2.05, 4.69) is 18.7 Å². The number of hydrogen-bond donors (Lipinski definition) is 1. The Kier molecular flexibility index (Phi) is 6.75. The van der Waals surface area contributed by atoms with E-state index in [4.69, 9.17) is 4.74 Å². The van der Waals surface area contributed by atoms with Gasteiger partial charge in [0.25, 0.3) is 5.09 Å². The molecular weight excluding hydrogens is 490 g/mol. The van der Waals surface area contributed by atoms with Crippen molar-refractivity contribution < 1.29 is 34.2 Å². The number of carbonyl (C=O) groups is 3. The van der Waals surface area contributed by atoms with Gasteiger partial charge in [0.05, 0.1) is 11.7 Å². The minimum absolute atomic E-state index is 0.00642. The molecular formula is C29H33NO8. The summed E-state index contributed by atoms with van der Waals surface area (Å²) in [5.41, 5.74) is 1.15. The van der Waals surface area contributed by atoms with Crippen molar-refractivity contribution in [1.82, 2.24) is 0 Å². The van der Waals surface area contributed by atoms with Crippen molar-refractivity contribution in [2.24, 2.45) is 34.5 Å². The van der Waals surface area contributed by atoms with Crippen LogP contribution in [0, 0.1) is 44.6 Å². The molecule has 0 amide bonds. The SMILES string of the molecule is CC12C=CC(=O)C=C1CCC1C2C(O)CC2(C)C(C(=O)COC(=O)c3ccc(CO[N+](=O)[O-])cc3)CCC12. The van der Waals surface area contributed by atoms with Gasteiger partial charge in [0.2, 0.25) is 0 Å². The zero-order chi connectivity index (χ0) is 27.2. The van der Waals surface area contributed by atoms with Crippen LogP contribution in [0.15, 0.2) is 48.1 Å². The first kappa shape index (κ1) is 26.3. The van der Waals surface area contributed by atoms with Crippen LogP contribution in [0.5, 0.6) is 0 Å². The summed E-state index contributed by atoms with van der Waals surface area (Å²) < 4.78 is 5.36. The maximum atomic E-state index is 13.3. The van der Waals surface area contributed by atoms with Gasteiger partial charge < -0.3 is 14.7 Å². The van der Waals surface area contributed by atoms with Crippen LogP contribution in [0.3, 0.4) is 0 Å². The Morgan fingerprint density at radius 3 is 2.61 bits per heavy atom. The number of aliphatic hydroxyl groups is 1. The fourth-order valence-electron chi connectivity index (χ4n) is 8.04. The predicted molar refractivity (Wildman–Crippen MR) is 135 cm³/mol. The third-order valence-corrected chi connectivity index (χ3v) is 9.75. The number of benzene rings is 1. The molecule has 1 aromatic rings. The Hall–Kier alpha value is -3.33. The van der Waals surface area contributed by atoms with Crippen LogP contribution in [0.4, 0.5) is 0 Å². The summed E-state index contributed by atoms with van der Waals surface area (Å²) in [4.78, 5) is 52.5. The van der Waals surface area contributed by atoms with Crippen molar-refractivity contribution >= 4 is 17.5 Å². The van der Waals surface area contributed by atoms with Crippen LogP contribution >= 0.6 is 0 Å². The van der Waals surface area contributed by atoms with Crippen LogP contribution in [0.1, 0.15) is 61.9 Å². The van der Waals surface area contributed by atoms with Gasteiger partial charge in [0, 0.05) is 17.3 Å². The molecule has 5 rings (SSSR count). The Bertz CT molecular complexity index is 1220. The van der Waals surface area contributed by atoms with Gasteiger partial charge >= 0.3 is 5.97 Å². The number of carbonyl (C=O) groups excluding carboxylic acids is 3. The van der Waals surface area contributed by atoms with E-state index < -0.39 is 17.2 Å². The van der Waals surface area contributed by atoms with Crippen molar-refractivity contribution in [3.8, 4) is 0 Å². The van der Waals surface area contributed by atoms with Crippen molar-refractivity contribution in [1.29, 1.82) is 0 Å². The highest BCUT2D eigenvalue weighted by Gasteiger charge is 2.62. The summed E-state index contributed by atoms with van der Waals surface area (Å²) in [5.74, 6) is -0.522. The number of allylic oxidation sites excluding steroid dienone is 4. The first-order valence-electron chi connectivity index (χ1n) is 13.2. The second-order valence-corrected chi connectivity index (χ2v) is 11.7. The first-order chi connectivity index (χ1) is 18.0.